The molecule has 1 aromatic rings. The van der Waals surface area contributed by atoms with Crippen LogP contribution in [-0.2, 0) is 14.3 Å². The van der Waals surface area contributed by atoms with E-state index in [1.165, 1.54) is 7.11 Å². The first-order valence-electron chi connectivity index (χ1n) is 4.95. The van der Waals surface area contributed by atoms with E-state index in [0.717, 1.165) is 18.2 Å². The third-order valence-corrected chi connectivity index (χ3v) is 1.87. The summed E-state index contributed by atoms with van der Waals surface area (Å²) in [4.78, 5) is 11.3. The molecule has 0 atom stereocenters. The average Bonchev–Trinajstić information content (AvgIpc) is 2.29. The number of carbonyl (C=O) groups is 1. The number of hydrogen-bond donors (Lipinski definition) is 1. The number of anilines is 1. The van der Waals surface area contributed by atoms with E-state index in [-0.39, 0.29) is 18.9 Å². The van der Waals surface area contributed by atoms with Crippen molar-refractivity contribution < 1.29 is 23.0 Å². The second-order valence-electron chi connectivity index (χ2n) is 3.22. The molecule has 0 radical (unpaired) electrons. The van der Waals surface area contributed by atoms with E-state index in [1.54, 1.807) is 0 Å². The van der Waals surface area contributed by atoms with E-state index < -0.39 is 17.5 Å². The standard InChI is InChI=1S/C11H13F2NO3/c1-16-4-5-17-7-11(15)14-10-6-8(12)2-3-9(10)13/h2-3,6H,4-5,7H2,1H3,(H,14,15). The summed E-state index contributed by atoms with van der Waals surface area (Å²) in [6.45, 7) is 0.385. The van der Waals surface area contributed by atoms with Crippen LogP contribution in [0.5, 0.6) is 0 Å². The molecule has 1 aromatic carbocycles. The van der Waals surface area contributed by atoms with Crippen molar-refractivity contribution in [2.75, 3.05) is 32.2 Å². The fourth-order valence-electron chi connectivity index (χ4n) is 1.09. The number of nitrogens with one attached hydrogen (secondary N) is 1. The van der Waals surface area contributed by atoms with Gasteiger partial charge in [0.05, 0.1) is 18.9 Å². The van der Waals surface area contributed by atoms with E-state index in [4.69, 9.17) is 9.47 Å². The Morgan fingerprint density at radius 3 is 2.82 bits per heavy atom. The van der Waals surface area contributed by atoms with Crippen LogP contribution in [0.15, 0.2) is 18.2 Å². The van der Waals surface area contributed by atoms with Crippen molar-refractivity contribution >= 4 is 11.6 Å². The minimum atomic E-state index is -0.698. The fraction of sp³-hybridized carbons (Fsp3) is 0.364. The summed E-state index contributed by atoms with van der Waals surface area (Å²) in [7, 11) is 1.51. The highest BCUT2D eigenvalue weighted by Gasteiger charge is 2.08. The van der Waals surface area contributed by atoms with Gasteiger partial charge in [0.25, 0.3) is 0 Å². The molecule has 0 saturated carbocycles. The average molecular weight is 245 g/mol. The molecule has 0 bridgehead atoms. The molecule has 1 amide bonds. The van der Waals surface area contributed by atoms with Gasteiger partial charge in [-0.05, 0) is 12.1 Å². The zero-order valence-corrected chi connectivity index (χ0v) is 9.33. The minimum absolute atomic E-state index is 0.203. The van der Waals surface area contributed by atoms with Gasteiger partial charge in [-0.3, -0.25) is 4.79 Å². The highest BCUT2D eigenvalue weighted by molar-refractivity contribution is 5.91. The lowest BCUT2D eigenvalue weighted by molar-refractivity contribution is -0.121. The van der Waals surface area contributed by atoms with Crippen molar-refractivity contribution in [3.05, 3.63) is 29.8 Å². The molecule has 0 unspecified atom stereocenters. The van der Waals surface area contributed by atoms with E-state index in [2.05, 4.69) is 5.32 Å². The van der Waals surface area contributed by atoms with Crippen LogP contribution in [-0.4, -0.2) is 32.8 Å². The smallest absolute Gasteiger partial charge is 0.250 e. The molecule has 1 N–H and O–H groups in total. The Labute approximate surface area is 97.5 Å². The van der Waals surface area contributed by atoms with Gasteiger partial charge in [-0.1, -0.05) is 0 Å². The molecular formula is C11H13F2NO3. The number of amides is 1. The Kier molecular flexibility index (Phi) is 5.51. The molecule has 0 fully saturated rings. The first-order chi connectivity index (χ1) is 8.13. The molecule has 0 aliphatic carbocycles. The zero-order chi connectivity index (χ0) is 12.7. The largest absolute Gasteiger partial charge is 0.382 e. The van der Waals surface area contributed by atoms with Crippen LogP contribution in [0.2, 0.25) is 0 Å². The lowest BCUT2D eigenvalue weighted by atomic mass is 10.3. The highest BCUT2D eigenvalue weighted by atomic mass is 19.1. The van der Waals surface area contributed by atoms with Crippen molar-refractivity contribution in [3.8, 4) is 0 Å². The van der Waals surface area contributed by atoms with Gasteiger partial charge in [0.1, 0.15) is 18.2 Å². The summed E-state index contributed by atoms with van der Waals surface area (Å²) < 4.78 is 35.6. The first-order valence-corrected chi connectivity index (χ1v) is 4.95. The Balaban J connectivity index is 2.42. The topological polar surface area (TPSA) is 47.6 Å². The summed E-state index contributed by atoms with van der Waals surface area (Å²) in [6, 6.07) is 2.82. The lowest BCUT2D eigenvalue weighted by Gasteiger charge is -2.07. The Morgan fingerprint density at radius 2 is 2.12 bits per heavy atom. The summed E-state index contributed by atoms with van der Waals surface area (Å²) in [5.74, 6) is -1.87. The summed E-state index contributed by atoms with van der Waals surface area (Å²) in [5.41, 5.74) is -0.203. The molecule has 0 aliphatic heterocycles. The molecule has 1 rings (SSSR count). The normalized spacial score (nSPS) is 10.3. The van der Waals surface area contributed by atoms with E-state index in [9.17, 15) is 13.6 Å². The van der Waals surface area contributed by atoms with Crippen LogP contribution < -0.4 is 5.32 Å². The highest BCUT2D eigenvalue weighted by Crippen LogP contribution is 2.14. The van der Waals surface area contributed by atoms with Crippen molar-refractivity contribution in [2.24, 2.45) is 0 Å². The summed E-state index contributed by atoms with van der Waals surface area (Å²) in [5, 5.41) is 2.21. The lowest BCUT2D eigenvalue weighted by Crippen LogP contribution is -2.20. The summed E-state index contributed by atoms with van der Waals surface area (Å²) in [6.07, 6.45) is 0. The second-order valence-corrected chi connectivity index (χ2v) is 3.22. The van der Waals surface area contributed by atoms with Crippen LogP contribution in [0.4, 0.5) is 14.5 Å². The molecule has 4 nitrogen and oxygen atoms in total. The monoisotopic (exact) mass is 245 g/mol. The van der Waals surface area contributed by atoms with E-state index in [0.29, 0.717) is 6.61 Å². The Morgan fingerprint density at radius 1 is 1.35 bits per heavy atom. The number of carbonyl (C=O) groups excluding carboxylic acids is 1. The molecule has 0 saturated heterocycles. The van der Waals surface area contributed by atoms with Gasteiger partial charge < -0.3 is 14.8 Å². The Bertz CT molecular complexity index is 385. The van der Waals surface area contributed by atoms with E-state index in [1.807, 2.05) is 0 Å². The van der Waals surface area contributed by atoms with Gasteiger partial charge >= 0.3 is 0 Å². The zero-order valence-electron chi connectivity index (χ0n) is 9.33. The number of halogens is 2. The predicted molar refractivity (Wildman–Crippen MR) is 57.7 cm³/mol. The third-order valence-electron chi connectivity index (χ3n) is 1.87. The summed E-state index contributed by atoms with van der Waals surface area (Å²) >= 11 is 0. The number of methoxy groups -OCH3 is 1. The van der Waals surface area contributed by atoms with E-state index >= 15 is 0 Å². The maximum Gasteiger partial charge on any atom is 0.250 e. The van der Waals surface area contributed by atoms with Crippen molar-refractivity contribution in [2.45, 2.75) is 0 Å². The van der Waals surface area contributed by atoms with Gasteiger partial charge in [-0.2, -0.15) is 0 Å². The Hall–Kier alpha value is -1.53. The van der Waals surface area contributed by atoms with Crippen LogP contribution in [0.3, 0.4) is 0 Å². The fourth-order valence-corrected chi connectivity index (χ4v) is 1.09. The molecule has 94 valence electrons. The third kappa shape index (κ3) is 4.88. The number of benzene rings is 1. The molecule has 0 heterocycles. The second kappa shape index (κ2) is 6.93. The van der Waals surface area contributed by atoms with Gasteiger partial charge in [0.2, 0.25) is 5.91 Å². The van der Waals surface area contributed by atoms with Crippen LogP contribution in [0.1, 0.15) is 0 Å². The molecule has 6 heteroatoms. The maximum atomic E-state index is 13.1. The van der Waals surface area contributed by atoms with Crippen molar-refractivity contribution in [3.63, 3.8) is 0 Å². The van der Waals surface area contributed by atoms with Crippen LogP contribution >= 0.6 is 0 Å². The first kappa shape index (κ1) is 13.5. The van der Waals surface area contributed by atoms with Crippen molar-refractivity contribution in [1.29, 1.82) is 0 Å². The minimum Gasteiger partial charge on any atom is -0.382 e. The van der Waals surface area contributed by atoms with Gasteiger partial charge in [0.15, 0.2) is 0 Å². The number of rotatable bonds is 6. The van der Waals surface area contributed by atoms with Gasteiger partial charge in [0, 0.05) is 13.2 Å². The number of hydrogen-bond acceptors (Lipinski definition) is 3. The van der Waals surface area contributed by atoms with Crippen LogP contribution in [0.25, 0.3) is 0 Å². The SMILES string of the molecule is COCCOCC(=O)Nc1cc(F)ccc1F. The maximum absolute atomic E-state index is 13.1. The predicted octanol–water partition coefficient (Wildman–Crippen LogP) is 1.57. The quantitative estimate of drug-likeness (QED) is 0.774. The molecular weight excluding hydrogens is 232 g/mol. The van der Waals surface area contributed by atoms with Gasteiger partial charge in [-0.25, -0.2) is 8.78 Å². The van der Waals surface area contributed by atoms with Crippen molar-refractivity contribution in [1.82, 2.24) is 0 Å². The molecule has 0 aromatic heterocycles. The van der Waals surface area contributed by atoms with Gasteiger partial charge in [-0.15, -0.1) is 0 Å². The molecule has 0 spiro atoms. The number of ether oxygens (including phenoxy) is 2. The molecule has 0 aliphatic rings. The van der Waals surface area contributed by atoms with Crippen LogP contribution in [0, 0.1) is 11.6 Å². The molecule has 17 heavy (non-hydrogen) atoms.